The van der Waals surface area contributed by atoms with Crippen LogP contribution in [-0.2, 0) is 22.4 Å². The summed E-state index contributed by atoms with van der Waals surface area (Å²) >= 11 is 0. The molecule has 134 valence electrons. The normalized spacial score (nSPS) is 8.64. The van der Waals surface area contributed by atoms with Crippen molar-refractivity contribution >= 4 is 17.9 Å². The van der Waals surface area contributed by atoms with Crippen molar-refractivity contribution in [2.24, 2.45) is 0 Å². The molecule has 0 aliphatic heterocycles. The Morgan fingerprint density at radius 3 is 0.960 bits per heavy atom. The van der Waals surface area contributed by atoms with Crippen LogP contribution in [0.2, 0.25) is 0 Å². The summed E-state index contributed by atoms with van der Waals surface area (Å²) in [6, 6.07) is 0. The van der Waals surface area contributed by atoms with Gasteiger partial charge in [-0.3, -0.25) is 0 Å². The fourth-order valence-corrected chi connectivity index (χ4v) is 0.900. The Labute approximate surface area is 152 Å². The topological polar surface area (TPSA) is 245 Å². The SMILES string of the molecule is O=C([O-])c1cn[nH]n1.O=C([O-])c1cn[nH]n1.O=C([O-])c1cn[nH]n1.[Au+3]. The molecule has 3 N–H and O–H groups in total. The Hall–Kier alpha value is -3.43. The molecule has 0 saturated carbocycles. The molecule has 0 bridgehead atoms. The Morgan fingerprint density at radius 2 is 0.880 bits per heavy atom. The van der Waals surface area contributed by atoms with Crippen molar-refractivity contribution in [3.05, 3.63) is 35.7 Å². The molecule has 0 amide bonds. The molecule has 3 aromatic heterocycles. The number of carbonyl (C=O) groups is 3. The second-order valence-electron chi connectivity index (χ2n) is 3.43. The van der Waals surface area contributed by atoms with Gasteiger partial charge in [-0.2, -0.15) is 46.2 Å². The van der Waals surface area contributed by atoms with Gasteiger partial charge in [0.2, 0.25) is 0 Å². The molecule has 15 nitrogen and oxygen atoms in total. The van der Waals surface area contributed by atoms with Crippen LogP contribution in [0.1, 0.15) is 31.5 Å². The molecule has 0 aliphatic rings. The first-order chi connectivity index (χ1) is 11.4. The molecular formula is C9H6AuN9O6. The number of nitrogens with one attached hydrogen (secondary N) is 3. The van der Waals surface area contributed by atoms with Gasteiger partial charge in [-0.15, -0.1) is 0 Å². The van der Waals surface area contributed by atoms with Crippen LogP contribution in [0.25, 0.3) is 0 Å². The molecule has 3 heterocycles. The van der Waals surface area contributed by atoms with Crippen molar-refractivity contribution in [3.8, 4) is 0 Å². The number of H-pyrrole nitrogens is 3. The predicted octanol–water partition coefficient (Wildman–Crippen LogP) is -5.50. The first kappa shape index (κ1) is 21.6. The number of nitrogens with zero attached hydrogens (tertiary/aromatic N) is 6. The Kier molecular flexibility index (Phi) is 9.63. The van der Waals surface area contributed by atoms with E-state index in [1.54, 1.807) is 0 Å². The Morgan fingerprint density at radius 1 is 0.640 bits per heavy atom. The number of hydrogen-bond acceptors (Lipinski definition) is 12. The number of aromatic amines is 3. The van der Waals surface area contributed by atoms with Gasteiger partial charge in [-0.25, -0.2) is 0 Å². The molecule has 0 radical (unpaired) electrons. The minimum absolute atomic E-state index is 0. The third kappa shape index (κ3) is 8.11. The summed E-state index contributed by atoms with van der Waals surface area (Å²) in [5.41, 5.74) is -0.528. The first-order valence-corrected chi connectivity index (χ1v) is 5.63. The third-order valence-electron chi connectivity index (χ3n) is 1.87. The van der Waals surface area contributed by atoms with Crippen LogP contribution in [0.15, 0.2) is 18.6 Å². The number of hydrogen-bond donors (Lipinski definition) is 3. The van der Waals surface area contributed by atoms with Crippen LogP contribution in [0.3, 0.4) is 0 Å². The fraction of sp³-hybridized carbons (Fsp3) is 0. The van der Waals surface area contributed by atoms with Crippen molar-refractivity contribution in [1.29, 1.82) is 0 Å². The molecule has 0 spiro atoms. The van der Waals surface area contributed by atoms with Gasteiger partial charge >= 0.3 is 22.4 Å². The smallest absolute Gasteiger partial charge is 0.543 e. The van der Waals surface area contributed by atoms with Crippen molar-refractivity contribution in [1.82, 2.24) is 46.2 Å². The molecule has 0 aromatic carbocycles. The summed E-state index contributed by atoms with van der Waals surface area (Å²) in [6.45, 7) is 0. The van der Waals surface area contributed by atoms with Crippen molar-refractivity contribution in [2.45, 2.75) is 0 Å². The van der Waals surface area contributed by atoms with Crippen molar-refractivity contribution < 1.29 is 52.1 Å². The van der Waals surface area contributed by atoms with E-state index in [-0.39, 0.29) is 39.5 Å². The van der Waals surface area contributed by atoms with E-state index >= 15 is 0 Å². The van der Waals surface area contributed by atoms with Crippen LogP contribution >= 0.6 is 0 Å². The molecule has 3 aromatic rings. The van der Waals surface area contributed by atoms with Gasteiger partial charge in [0.05, 0.1) is 36.5 Å². The van der Waals surface area contributed by atoms with E-state index in [4.69, 9.17) is 0 Å². The summed E-state index contributed by atoms with van der Waals surface area (Å²) in [4.78, 5) is 29.5. The Balaban J connectivity index is 0.000000339. The quantitative estimate of drug-likeness (QED) is 0.267. The molecule has 0 unspecified atom stereocenters. The van der Waals surface area contributed by atoms with E-state index in [0.29, 0.717) is 0 Å². The summed E-state index contributed by atoms with van der Waals surface area (Å²) in [5.74, 6) is -3.96. The number of carbonyl (C=O) groups excluding carboxylic acids is 3. The number of carboxylic acid groups (broad SMARTS) is 3. The maximum atomic E-state index is 9.83. The molecule has 0 aliphatic carbocycles. The fourth-order valence-electron chi connectivity index (χ4n) is 0.900. The van der Waals surface area contributed by atoms with Crippen LogP contribution in [0.4, 0.5) is 0 Å². The molecule has 0 atom stereocenters. The van der Waals surface area contributed by atoms with E-state index in [0.717, 1.165) is 18.6 Å². The second kappa shape index (κ2) is 11.2. The first-order valence-electron chi connectivity index (χ1n) is 5.63. The van der Waals surface area contributed by atoms with Crippen LogP contribution < -0.4 is 15.3 Å². The number of aromatic carboxylic acids is 3. The summed E-state index contributed by atoms with van der Waals surface area (Å²) < 4.78 is 0. The standard InChI is InChI=1S/3C3H3N3O2.Au/c3*7-3(8)2-1-4-6-5-2;/h3*1H,(H,7,8)(H,4,5,6);/q;;;+3/p-3. The summed E-state index contributed by atoms with van der Waals surface area (Å²) in [6.07, 6.45) is 3.24. The third-order valence-corrected chi connectivity index (χ3v) is 1.87. The zero-order valence-electron chi connectivity index (χ0n) is 11.7. The van der Waals surface area contributed by atoms with E-state index in [1.807, 2.05) is 0 Å². The average molecular weight is 533 g/mol. The van der Waals surface area contributed by atoms with Crippen LogP contribution in [0, 0.1) is 0 Å². The van der Waals surface area contributed by atoms with Gasteiger partial charge in [0.15, 0.2) is 0 Å². The van der Waals surface area contributed by atoms with Gasteiger partial charge < -0.3 is 29.7 Å². The molecule has 0 saturated heterocycles. The second-order valence-corrected chi connectivity index (χ2v) is 3.43. The number of carboxylic acids is 3. The molecule has 16 heteroatoms. The summed E-state index contributed by atoms with van der Waals surface area (Å²) in [5, 5.41) is 55.3. The molecule has 3 rings (SSSR count). The largest absolute Gasteiger partial charge is 3.00 e. The maximum absolute atomic E-state index is 9.83. The van der Waals surface area contributed by atoms with E-state index in [9.17, 15) is 29.7 Å². The van der Waals surface area contributed by atoms with Gasteiger partial charge in [0.25, 0.3) is 0 Å². The predicted molar refractivity (Wildman–Crippen MR) is 62.1 cm³/mol. The minimum Gasteiger partial charge on any atom is -0.543 e. The van der Waals surface area contributed by atoms with Crippen LogP contribution in [-0.4, -0.2) is 64.1 Å². The Bertz CT molecular complexity index is 653. The van der Waals surface area contributed by atoms with E-state index in [1.165, 1.54) is 0 Å². The number of rotatable bonds is 3. The molecule has 0 fully saturated rings. The monoisotopic (exact) mass is 533 g/mol. The van der Waals surface area contributed by atoms with Gasteiger partial charge in [0, 0.05) is 0 Å². The molecular weight excluding hydrogens is 527 g/mol. The van der Waals surface area contributed by atoms with Gasteiger partial charge in [-0.1, -0.05) is 0 Å². The average Bonchev–Trinajstić information content (AvgIpc) is 3.29. The van der Waals surface area contributed by atoms with Crippen molar-refractivity contribution in [3.63, 3.8) is 0 Å². The maximum Gasteiger partial charge on any atom is 3.00 e. The van der Waals surface area contributed by atoms with Crippen molar-refractivity contribution in [2.75, 3.05) is 0 Å². The minimum atomic E-state index is -1.32. The van der Waals surface area contributed by atoms with Gasteiger partial charge in [-0.05, 0) is 0 Å². The zero-order valence-corrected chi connectivity index (χ0v) is 13.8. The van der Waals surface area contributed by atoms with Gasteiger partial charge in [0.1, 0.15) is 17.1 Å². The summed E-state index contributed by atoms with van der Waals surface area (Å²) in [7, 11) is 0. The van der Waals surface area contributed by atoms with E-state index < -0.39 is 17.9 Å². The number of aromatic nitrogens is 9. The van der Waals surface area contributed by atoms with Crippen LogP contribution in [0.5, 0.6) is 0 Å². The molecule has 25 heavy (non-hydrogen) atoms. The van der Waals surface area contributed by atoms with E-state index in [2.05, 4.69) is 46.2 Å². The zero-order chi connectivity index (χ0) is 17.9.